The SMILES string of the molecule is COC(=O)c1ccc(NC(=O)C2CCC(N3C(=O)C4CCCCC4C3=O)CC2)cc1. The summed E-state index contributed by atoms with van der Waals surface area (Å²) in [5.41, 5.74) is 1.06. The van der Waals surface area contributed by atoms with Gasteiger partial charge in [-0.05, 0) is 62.8 Å². The zero-order valence-corrected chi connectivity index (χ0v) is 17.3. The molecule has 1 N–H and O–H groups in total. The van der Waals surface area contributed by atoms with Crippen molar-refractivity contribution in [2.24, 2.45) is 17.8 Å². The van der Waals surface area contributed by atoms with E-state index in [4.69, 9.17) is 0 Å². The van der Waals surface area contributed by atoms with E-state index in [0.717, 1.165) is 25.7 Å². The van der Waals surface area contributed by atoms with E-state index < -0.39 is 5.97 Å². The van der Waals surface area contributed by atoms with Crippen LogP contribution in [0.25, 0.3) is 0 Å². The standard InChI is InChI=1S/C23H28N2O5/c1-30-23(29)15-6-10-16(11-7-15)24-20(26)14-8-12-17(13-9-14)25-21(27)18-4-2-3-5-19(18)22(25)28/h6-7,10-11,14,17-19H,2-5,8-9,12-13H2,1H3,(H,24,26). The lowest BCUT2D eigenvalue weighted by molar-refractivity contribution is -0.143. The molecule has 0 spiro atoms. The summed E-state index contributed by atoms with van der Waals surface area (Å²) in [7, 11) is 1.32. The third-order valence-electron chi connectivity index (χ3n) is 6.88. The molecule has 1 aromatic rings. The first-order valence-electron chi connectivity index (χ1n) is 10.9. The van der Waals surface area contributed by atoms with Gasteiger partial charge in [0.2, 0.25) is 17.7 Å². The van der Waals surface area contributed by atoms with Gasteiger partial charge >= 0.3 is 5.97 Å². The highest BCUT2D eigenvalue weighted by Crippen LogP contribution is 2.41. The van der Waals surface area contributed by atoms with Gasteiger partial charge in [0.25, 0.3) is 0 Å². The van der Waals surface area contributed by atoms with Gasteiger partial charge in [0, 0.05) is 17.6 Å². The molecular formula is C23H28N2O5. The smallest absolute Gasteiger partial charge is 0.337 e. The molecule has 2 saturated carbocycles. The number of rotatable bonds is 4. The second-order valence-electron chi connectivity index (χ2n) is 8.61. The van der Waals surface area contributed by atoms with Gasteiger partial charge in [-0.1, -0.05) is 12.8 Å². The lowest BCUT2D eigenvalue weighted by Gasteiger charge is -2.33. The summed E-state index contributed by atoms with van der Waals surface area (Å²) in [5.74, 6) is -0.812. The van der Waals surface area contributed by atoms with Crippen molar-refractivity contribution in [3.05, 3.63) is 29.8 Å². The second-order valence-corrected chi connectivity index (χ2v) is 8.61. The van der Waals surface area contributed by atoms with Gasteiger partial charge in [-0.15, -0.1) is 0 Å². The van der Waals surface area contributed by atoms with Gasteiger partial charge in [-0.25, -0.2) is 4.79 Å². The first-order chi connectivity index (χ1) is 14.5. The molecule has 4 rings (SSSR count). The number of nitrogens with zero attached hydrogens (tertiary/aromatic N) is 1. The number of fused-ring (bicyclic) bond motifs is 1. The van der Waals surface area contributed by atoms with Crippen molar-refractivity contribution in [2.75, 3.05) is 12.4 Å². The average molecular weight is 412 g/mol. The first-order valence-corrected chi connectivity index (χ1v) is 10.9. The quantitative estimate of drug-likeness (QED) is 0.606. The number of amides is 3. The van der Waals surface area contributed by atoms with E-state index in [-0.39, 0.29) is 41.5 Å². The van der Waals surface area contributed by atoms with Gasteiger partial charge in [0.1, 0.15) is 0 Å². The summed E-state index contributed by atoms with van der Waals surface area (Å²) in [4.78, 5) is 51.3. The minimum absolute atomic E-state index is 0.0169. The number of hydrogen-bond acceptors (Lipinski definition) is 5. The van der Waals surface area contributed by atoms with Gasteiger partial charge in [0.15, 0.2) is 0 Å². The molecule has 0 bridgehead atoms. The Morgan fingerprint density at radius 2 is 1.47 bits per heavy atom. The Labute approximate surface area is 176 Å². The molecule has 7 nitrogen and oxygen atoms in total. The number of ether oxygens (including phenoxy) is 1. The number of hydrogen-bond donors (Lipinski definition) is 1. The number of imide groups is 1. The van der Waals surface area contributed by atoms with Crippen LogP contribution >= 0.6 is 0 Å². The number of carbonyl (C=O) groups is 4. The van der Waals surface area contributed by atoms with Crippen molar-refractivity contribution < 1.29 is 23.9 Å². The van der Waals surface area contributed by atoms with Crippen molar-refractivity contribution in [2.45, 2.75) is 57.4 Å². The molecule has 1 aromatic carbocycles. The predicted molar refractivity (Wildman–Crippen MR) is 109 cm³/mol. The summed E-state index contributed by atoms with van der Waals surface area (Å²) in [6.45, 7) is 0. The highest BCUT2D eigenvalue weighted by Gasteiger charge is 2.50. The van der Waals surface area contributed by atoms with E-state index in [2.05, 4.69) is 10.1 Å². The number of anilines is 1. The molecular weight excluding hydrogens is 384 g/mol. The van der Waals surface area contributed by atoms with Crippen molar-refractivity contribution in [3.8, 4) is 0 Å². The minimum atomic E-state index is -0.419. The summed E-state index contributed by atoms with van der Waals surface area (Å²) in [6, 6.07) is 6.52. The van der Waals surface area contributed by atoms with Crippen molar-refractivity contribution >= 4 is 29.4 Å². The molecule has 3 aliphatic rings. The van der Waals surface area contributed by atoms with E-state index in [1.807, 2.05) is 0 Å². The lowest BCUT2D eigenvalue weighted by Crippen LogP contribution is -2.43. The summed E-state index contributed by atoms with van der Waals surface area (Å²) >= 11 is 0. The lowest BCUT2D eigenvalue weighted by atomic mass is 9.81. The molecule has 1 saturated heterocycles. The number of nitrogens with one attached hydrogen (secondary N) is 1. The maximum absolute atomic E-state index is 12.8. The van der Waals surface area contributed by atoms with E-state index in [1.165, 1.54) is 7.11 Å². The number of carbonyl (C=O) groups excluding carboxylic acids is 4. The third kappa shape index (κ3) is 3.85. The number of likely N-dealkylation sites (tertiary alicyclic amines) is 1. The van der Waals surface area contributed by atoms with Crippen LogP contribution in [0.4, 0.5) is 5.69 Å². The number of methoxy groups -OCH3 is 1. The Morgan fingerprint density at radius 3 is 2.00 bits per heavy atom. The molecule has 0 radical (unpaired) electrons. The fourth-order valence-corrected chi connectivity index (χ4v) is 5.20. The maximum atomic E-state index is 12.8. The number of esters is 1. The van der Waals surface area contributed by atoms with Gasteiger partial charge in [-0.3, -0.25) is 19.3 Å². The molecule has 2 aliphatic carbocycles. The van der Waals surface area contributed by atoms with Crippen LogP contribution in [0.15, 0.2) is 24.3 Å². The normalized spacial score (nSPS) is 28.8. The minimum Gasteiger partial charge on any atom is -0.465 e. The Kier molecular flexibility index (Phi) is 5.88. The highest BCUT2D eigenvalue weighted by molar-refractivity contribution is 6.05. The van der Waals surface area contributed by atoms with E-state index in [0.29, 0.717) is 36.9 Å². The summed E-state index contributed by atoms with van der Waals surface area (Å²) < 4.78 is 4.67. The molecule has 2 unspecified atom stereocenters. The molecule has 1 heterocycles. The zero-order chi connectivity index (χ0) is 21.3. The molecule has 160 valence electrons. The van der Waals surface area contributed by atoms with Crippen molar-refractivity contribution in [1.82, 2.24) is 4.90 Å². The predicted octanol–water partition coefficient (Wildman–Crippen LogP) is 3.15. The Balaban J connectivity index is 1.32. The van der Waals surface area contributed by atoms with Crippen LogP contribution in [-0.4, -0.2) is 41.7 Å². The molecule has 3 fully saturated rings. The second kappa shape index (κ2) is 8.58. The molecule has 30 heavy (non-hydrogen) atoms. The van der Waals surface area contributed by atoms with Gasteiger partial charge in [0.05, 0.1) is 24.5 Å². The average Bonchev–Trinajstić information content (AvgIpc) is 3.04. The van der Waals surface area contributed by atoms with Crippen LogP contribution in [0.2, 0.25) is 0 Å². The largest absolute Gasteiger partial charge is 0.465 e. The van der Waals surface area contributed by atoms with Crippen LogP contribution in [0.1, 0.15) is 61.7 Å². The molecule has 0 aromatic heterocycles. The van der Waals surface area contributed by atoms with Crippen LogP contribution < -0.4 is 5.32 Å². The van der Waals surface area contributed by atoms with E-state index in [1.54, 1.807) is 29.2 Å². The molecule has 3 amide bonds. The Morgan fingerprint density at radius 1 is 0.900 bits per heavy atom. The molecule has 2 atom stereocenters. The number of benzene rings is 1. The topological polar surface area (TPSA) is 92.8 Å². The fraction of sp³-hybridized carbons (Fsp3) is 0.565. The van der Waals surface area contributed by atoms with Gasteiger partial charge < -0.3 is 10.1 Å². The Hall–Kier alpha value is -2.70. The van der Waals surface area contributed by atoms with Gasteiger partial charge in [-0.2, -0.15) is 0 Å². The van der Waals surface area contributed by atoms with Crippen molar-refractivity contribution in [3.63, 3.8) is 0 Å². The van der Waals surface area contributed by atoms with E-state index in [9.17, 15) is 19.2 Å². The monoisotopic (exact) mass is 412 g/mol. The maximum Gasteiger partial charge on any atom is 0.337 e. The Bertz CT molecular complexity index is 818. The fourth-order valence-electron chi connectivity index (χ4n) is 5.20. The molecule has 7 heteroatoms. The summed E-state index contributed by atoms with van der Waals surface area (Å²) in [6.07, 6.45) is 6.39. The molecule has 1 aliphatic heterocycles. The zero-order valence-electron chi connectivity index (χ0n) is 17.3. The first kappa shape index (κ1) is 20.6. The third-order valence-corrected chi connectivity index (χ3v) is 6.88. The van der Waals surface area contributed by atoms with Crippen LogP contribution in [-0.2, 0) is 19.1 Å². The van der Waals surface area contributed by atoms with Crippen LogP contribution in [0.5, 0.6) is 0 Å². The van der Waals surface area contributed by atoms with E-state index >= 15 is 0 Å². The van der Waals surface area contributed by atoms with Crippen LogP contribution in [0.3, 0.4) is 0 Å². The van der Waals surface area contributed by atoms with Crippen molar-refractivity contribution in [1.29, 1.82) is 0 Å². The highest BCUT2D eigenvalue weighted by atomic mass is 16.5. The summed E-state index contributed by atoms with van der Waals surface area (Å²) in [5, 5.41) is 2.90. The van der Waals surface area contributed by atoms with Crippen LogP contribution in [0, 0.1) is 17.8 Å².